The van der Waals surface area contributed by atoms with Gasteiger partial charge in [-0.3, -0.25) is 9.69 Å². The second kappa shape index (κ2) is 4.26. The standard InChI is InChI=1S/C13H16N2O3/c1-14-6-9-4-11(12(16)5-10(9)7-14)15-2-3-18-8-13(15)17/h4-5,16H,2-3,6-8H2,1H3. The van der Waals surface area contributed by atoms with Crippen LogP contribution in [0.1, 0.15) is 11.1 Å². The van der Waals surface area contributed by atoms with Crippen molar-refractivity contribution < 1.29 is 14.6 Å². The number of carbonyl (C=O) groups excluding carboxylic acids is 1. The van der Waals surface area contributed by atoms with Crippen LogP contribution >= 0.6 is 0 Å². The molecule has 1 amide bonds. The Labute approximate surface area is 106 Å². The number of fused-ring (bicyclic) bond motifs is 1. The molecule has 0 bridgehead atoms. The summed E-state index contributed by atoms with van der Waals surface area (Å²) < 4.78 is 5.10. The summed E-state index contributed by atoms with van der Waals surface area (Å²) in [5.74, 6) is 0.0853. The number of phenols is 1. The van der Waals surface area contributed by atoms with E-state index in [-0.39, 0.29) is 18.3 Å². The summed E-state index contributed by atoms with van der Waals surface area (Å²) in [6.07, 6.45) is 0. The molecular formula is C13H16N2O3. The number of morpholine rings is 1. The molecule has 2 heterocycles. The molecule has 1 fully saturated rings. The van der Waals surface area contributed by atoms with Crippen LogP contribution in [0.15, 0.2) is 12.1 Å². The van der Waals surface area contributed by atoms with Gasteiger partial charge < -0.3 is 14.7 Å². The molecule has 2 aliphatic rings. The molecule has 0 spiro atoms. The Morgan fingerprint density at radius 1 is 1.28 bits per heavy atom. The zero-order chi connectivity index (χ0) is 12.7. The van der Waals surface area contributed by atoms with E-state index in [0.717, 1.165) is 18.7 Å². The highest BCUT2D eigenvalue weighted by molar-refractivity contribution is 5.96. The van der Waals surface area contributed by atoms with Crippen LogP contribution in [0.25, 0.3) is 0 Å². The fourth-order valence-electron chi connectivity index (χ4n) is 2.58. The maximum absolute atomic E-state index is 11.8. The van der Waals surface area contributed by atoms with Crippen molar-refractivity contribution >= 4 is 11.6 Å². The Kier molecular flexibility index (Phi) is 2.72. The van der Waals surface area contributed by atoms with E-state index >= 15 is 0 Å². The highest BCUT2D eigenvalue weighted by Gasteiger charge is 2.25. The molecule has 5 nitrogen and oxygen atoms in total. The lowest BCUT2D eigenvalue weighted by Gasteiger charge is -2.27. The smallest absolute Gasteiger partial charge is 0.253 e. The quantitative estimate of drug-likeness (QED) is 0.795. The van der Waals surface area contributed by atoms with Gasteiger partial charge in [-0.1, -0.05) is 0 Å². The number of anilines is 1. The van der Waals surface area contributed by atoms with E-state index in [1.807, 2.05) is 13.1 Å². The van der Waals surface area contributed by atoms with Crippen molar-refractivity contribution in [2.45, 2.75) is 13.1 Å². The van der Waals surface area contributed by atoms with Gasteiger partial charge in [0, 0.05) is 19.6 Å². The third kappa shape index (κ3) is 1.85. The zero-order valence-corrected chi connectivity index (χ0v) is 10.3. The van der Waals surface area contributed by atoms with Gasteiger partial charge in [-0.05, 0) is 30.3 Å². The summed E-state index contributed by atoms with van der Waals surface area (Å²) >= 11 is 0. The second-order valence-electron chi connectivity index (χ2n) is 4.88. The Morgan fingerprint density at radius 3 is 2.72 bits per heavy atom. The Bertz CT molecular complexity index is 501. The molecule has 0 aromatic heterocycles. The largest absolute Gasteiger partial charge is 0.506 e. The van der Waals surface area contributed by atoms with E-state index in [1.165, 1.54) is 5.56 Å². The number of hydrogen-bond acceptors (Lipinski definition) is 4. The third-order valence-corrected chi connectivity index (χ3v) is 3.45. The minimum absolute atomic E-state index is 0.0937. The average Bonchev–Trinajstić information content (AvgIpc) is 2.68. The number of benzene rings is 1. The lowest BCUT2D eigenvalue weighted by Crippen LogP contribution is -2.41. The SMILES string of the molecule is CN1Cc2cc(O)c(N3CCOCC3=O)cc2C1. The molecule has 1 N–H and O–H groups in total. The maximum Gasteiger partial charge on any atom is 0.253 e. The van der Waals surface area contributed by atoms with Crippen LogP contribution in [0.2, 0.25) is 0 Å². The number of rotatable bonds is 1. The van der Waals surface area contributed by atoms with Crippen molar-refractivity contribution in [3.8, 4) is 5.75 Å². The number of carbonyl (C=O) groups is 1. The van der Waals surface area contributed by atoms with Crippen LogP contribution in [0, 0.1) is 0 Å². The van der Waals surface area contributed by atoms with E-state index < -0.39 is 0 Å². The first kappa shape index (κ1) is 11.5. The lowest BCUT2D eigenvalue weighted by atomic mass is 10.1. The van der Waals surface area contributed by atoms with Gasteiger partial charge in [0.2, 0.25) is 0 Å². The van der Waals surface area contributed by atoms with Crippen LogP contribution in [0.4, 0.5) is 5.69 Å². The molecule has 0 radical (unpaired) electrons. The van der Waals surface area contributed by atoms with Crippen molar-refractivity contribution in [2.75, 3.05) is 31.7 Å². The van der Waals surface area contributed by atoms with E-state index in [2.05, 4.69) is 4.90 Å². The molecule has 5 heteroatoms. The normalized spacial score (nSPS) is 20.3. The van der Waals surface area contributed by atoms with Gasteiger partial charge in [-0.15, -0.1) is 0 Å². The topological polar surface area (TPSA) is 53.0 Å². The Morgan fingerprint density at radius 2 is 2.00 bits per heavy atom. The summed E-state index contributed by atoms with van der Waals surface area (Å²) in [5, 5.41) is 10.1. The molecular weight excluding hydrogens is 232 g/mol. The number of ether oxygens (including phenoxy) is 1. The van der Waals surface area contributed by atoms with Crippen molar-refractivity contribution in [3.63, 3.8) is 0 Å². The van der Waals surface area contributed by atoms with Crippen LogP contribution < -0.4 is 4.90 Å². The zero-order valence-electron chi connectivity index (χ0n) is 10.3. The molecule has 0 unspecified atom stereocenters. The summed E-state index contributed by atoms with van der Waals surface area (Å²) in [7, 11) is 2.04. The predicted octanol–water partition coefficient (Wildman–Crippen LogP) is 0.701. The average molecular weight is 248 g/mol. The maximum atomic E-state index is 11.8. The molecule has 1 aromatic rings. The van der Waals surface area contributed by atoms with Crippen molar-refractivity contribution in [2.24, 2.45) is 0 Å². The Hall–Kier alpha value is -1.59. The van der Waals surface area contributed by atoms with Gasteiger partial charge in [0.05, 0.1) is 12.3 Å². The van der Waals surface area contributed by atoms with Crippen LogP contribution in [-0.4, -0.2) is 42.7 Å². The van der Waals surface area contributed by atoms with Gasteiger partial charge in [0.15, 0.2) is 0 Å². The van der Waals surface area contributed by atoms with Gasteiger partial charge in [0.1, 0.15) is 12.4 Å². The number of phenolic OH excluding ortho intramolecular Hbond substituents is 1. The van der Waals surface area contributed by atoms with E-state index in [9.17, 15) is 9.90 Å². The number of aromatic hydroxyl groups is 1. The lowest BCUT2D eigenvalue weighted by molar-refractivity contribution is -0.125. The van der Waals surface area contributed by atoms with E-state index in [4.69, 9.17) is 4.74 Å². The van der Waals surface area contributed by atoms with Gasteiger partial charge in [-0.2, -0.15) is 0 Å². The van der Waals surface area contributed by atoms with Crippen molar-refractivity contribution in [3.05, 3.63) is 23.3 Å². The highest BCUT2D eigenvalue weighted by atomic mass is 16.5. The number of hydrogen-bond donors (Lipinski definition) is 1. The fraction of sp³-hybridized carbons (Fsp3) is 0.462. The minimum Gasteiger partial charge on any atom is -0.506 e. The van der Waals surface area contributed by atoms with Crippen LogP contribution in [-0.2, 0) is 22.6 Å². The van der Waals surface area contributed by atoms with Crippen molar-refractivity contribution in [1.29, 1.82) is 0 Å². The van der Waals surface area contributed by atoms with E-state index in [0.29, 0.717) is 18.8 Å². The van der Waals surface area contributed by atoms with Gasteiger partial charge in [-0.25, -0.2) is 0 Å². The van der Waals surface area contributed by atoms with E-state index in [1.54, 1.807) is 11.0 Å². The summed E-state index contributed by atoms with van der Waals surface area (Å²) in [6.45, 7) is 2.82. The Balaban J connectivity index is 1.97. The molecule has 18 heavy (non-hydrogen) atoms. The minimum atomic E-state index is -0.0946. The monoisotopic (exact) mass is 248 g/mol. The highest BCUT2D eigenvalue weighted by Crippen LogP contribution is 2.35. The molecule has 96 valence electrons. The molecule has 0 atom stereocenters. The van der Waals surface area contributed by atoms with Gasteiger partial charge in [0.25, 0.3) is 5.91 Å². The first-order valence-corrected chi connectivity index (χ1v) is 6.06. The molecule has 3 rings (SSSR count). The number of amides is 1. The van der Waals surface area contributed by atoms with Crippen LogP contribution in [0.5, 0.6) is 5.75 Å². The summed E-state index contributed by atoms with van der Waals surface area (Å²) in [5.41, 5.74) is 2.93. The first-order chi connectivity index (χ1) is 8.65. The van der Waals surface area contributed by atoms with Crippen LogP contribution in [0.3, 0.4) is 0 Å². The second-order valence-corrected chi connectivity index (χ2v) is 4.88. The molecule has 1 saturated heterocycles. The van der Waals surface area contributed by atoms with Gasteiger partial charge >= 0.3 is 0 Å². The third-order valence-electron chi connectivity index (χ3n) is 3.45. The summed E-state index contributed by atoms with van der Waals surface area (Å²) in [6, 6.07) is 3.70. The number of nitrogens with zero attached hydrogens (tertiary/aromatic N) is 2. The molecule has 0 saturated carbocycles. The molecule has 2 aliphatic heterocycles. The molecule has 0 aliphatic carbocycles. The molecule has 1 aromatic carbocycles. The predicted molar refractivity (Wildman–Crippen MR) is 66.4 cm³/mol. The van der Waals surface area contributed by atoms with Crippen molar-refractivity contribution in [1.82, 2.24) is 4.90 Å². The fourth-order valence-corrected chi connectivity index (χ4v) is 2.58. The first-order valence-electron chi connectivity index (χ1n) is 6.06. The summed E-state index contributed by atoms with van der Waals surface area (Å²) in [4.78, 5) is 15.6.